The van der Waals surface area contributed by atoms with Crippen molar-refractivity contribution in [3.05, 3.63) is 50.5 Å². The molecule has 1 N–H and O–H groups in total. The molecule has 0 aliphatic carbocycles. The Morgan fingerprint density at radius 2 is 2.04 bits per heavy atom. The first kappa shape index (κ1) is 17.9. The predicted molar refractivity (Wildman–Crippen MR) is 97.7 cm³/mol. The Morgan fingerprint density at radius 1 is 1.26 bits per heavy atom. The van der Waals surface area contributed by atoms with Gasteiger partial charge in [0.25, 0.3) is 11.6 Å². The summed E-state index contributed by atoms with van der Waals surface area (Å²) < 4.78 is 2.19. The van der Waals surface area contributed by atoms with Gasteiger partial charge in [0, 0.05) is 44.2 Å². The van der Waals surface area contributed by atoms with E-state index in [0.29, 0.717) is 18.7 Å². The molecule has 2 aromatic rings. The van der Waals surface area contributed by atoms with Gasteiger partial charge in [-0.25, -0.2) is 0 Å². The fourth-order valence-corrected chi connectivity index (χ4v) is 3.97. The van der Waals surface area contributed by atoms with Crippen molar-refractivity contribution in [1.82, 2.24) is 25.0 Å². The predicted octanol–water partition coefficient (Wildman–Crippen LogP) is 1.96. The minimum atomic E-state index is -0.527. The topological polar surface area (TPSA) is 106 Å². The molecule has 2 aliphatic heterocycles. The number of benzene rings is 1. The van der Waals surface area contributed by atoms with Gasteiger partial charge in [0.2, 0.25) is 0 Å². The van der Waals surface area contributed by atoms with Crippen molar-refractivity contribution in [3.63, 3.8) is 0 Å². The Balaban J connectivity index is 1.44. The number of aromatic nitrogens is 3. The monoisotopic (exact) mass is 390 g/mol. The molecule has 9 nitrogen and oxygen atoms in total. The number of nitrogens with zero attached hydrogens (tertiary/aromatic N) is 5. The number of nitro groups is 1. The second kappa shape index (κ2) is 7.24. The minimum Gasteiger partial charge on any atom is -0.339 e. The van der Waals surface area contributed by atoms with E-state index in [9.17, 15) is 14.9 Å². The van der Waals surface area contributed by atoms with Crippen LogP contribution in [0, 0.1) is 10.1 Å². The molecular weight excluding hydrogens is 372 g/mol. The van der Waals surface area contributed by atoms with Crippen LogP contribution in [0.3, 0.4) is 0 Å². The van der Waals surface area contributed by atoms with Crippen molar-refractivity contribution in [1.29, 1.82) is 0 Å². The molecule has 4 rings (SSSR count). The number of carbonyl (C=O) groups excluding carboxylic acids is 1. The van der Waals surface area contributed by atoms with Gasteiger partial charge in [0.15, 0.2) is 0 Å². The molecule has 10 heteroatoms. The second-order valence-electron chi connectivity index (χ2n) is 6.79. The van der Waals surface area contributed by atoms with Crippen LogP contribution in [0.25, 0.3) is 0 Å². The summed E-state index contributed by atoms with van der Waals surface area (Å²) in [7, 11) is 0. The van der Waals surface area contributed by atoms with Gasteiger partial charge in [-0.3, -0.25) is 14.9 Å². The molecular formula is C17H19ClN6O3. The van der Waals surface area contributed by atoms with E-state index in [1.54, 1.807) is 4.90 Å². The number of halogens is 1. The molecule has 3 heterocycles. The maximum Gasteiger partial charge on any atom is 0.270 e. The molecule has 0 atom stereocenters. The lowest BCUT2D eigenvalue weighted by Gasteiger charge is -2.32. The lowest BCUT2D eigenvalue weighted by Crippen LogP contribution is -2.39. The Hall–Kier alpha value is -2.52. The van der Waals surface area contributed by atoms with Crippen molar-refractivity contribution < 1.29 is 9.72 Å². The van der Waals surface area contributed by atoms with Crippen LogP contribution in [0.4, 0.5) is 5.69 Å². The van der Waals surface area contributed by atoms with Crippen LogP contribution >= 0.6 is 11.6 Å². The Morgan fingerprint density at radius 3 is 2.74 bits per heavy atom. The zero-order valence-electron chi connectivity index (χ0n) is 14.6. The zero-order chi connectivity index (χ0) is 19.0. The fourth-order valence-electron chi connectivity index (χ4n) is 3.72. The zero-order valence-corrected chi connectivity index (χ0v) is 15.4. The van der Waals surface area contributed by atoms with Gasteiger partial charge in [-0.2, -0.15) is 0 Å². The highest BCUT2D eigenvalue weighted by Gasteiger charge is 2.30. The summed E-state index contributed by atoms with van der Waals surface area (Å²) in [6.45, 7) is 3.71. The van der Waals surface area contributed by atoms with E-state index in [2.05, 4.69) is 20.1 Å². The second-order valence-corrected chi connectivity index (χ2v) is 7.20. The van der Waals surface area contributed by atoms with Gasteiger partial charge in [-0.15, -0.1) is 10.2 Å². The molecule has 0 spiro atoms. The Kier molecular flexibility index (Phi) is 4.79. The molecule has 2 aliphatic rings. The lowest BCUT2D eigenvalue weighted by atomic mass is 9.95. The van der Waals surface area contributed by atoms with Crippen molar-refractivity contribution in [3.8, 4) is 0 Å². The smallest absolute Gasteiger partial charge is 0.270 e. The van der Waals surface area contributed by atoms with Crippen molar-refractivity contribution >= 4 is 23.2 Å². The van der Waals surface area contributed by atoms with E-state index in [4.69, 9.17) is 11.6 Å². The van der Waals surface area contributed by atoms with E-state index in [-0.39, 0.29) is 22.5 Å². The van der Waals surface area contributed by atoms with E-state index < -0.39 is 4.92 Å². The van der Waals surface area contributed by atoms with Crippen molar-refractivity contribution in [2.24, 2.45) is 0 Å². The number of amides is 1. The quantitative estimate of drug-likeness (QED) is 0.634. The first-order valence-corrected chi connectivity index (χ1v) is 9.28. The molecule has 1 aromatic carbocycles. The van der Waals surface area contributed by atoms with Crippen molar-refractivity contribution in [2.45, 2.75) is 31.8 Å². The van der Waals surface area contributed by atoms with Crippen LogP contribution < -0.4 is 5.32 Å². The van der Waals surface area contributed by atoms with Gasteiger partial charge >= 0.3 is 0 Å². The van der Waals surface area contributed by atoms with Gasteiger partial charge < -0.3 is 14.8 Å². The SMILES string of the molecule is O=C(c1ccc([N+](=O)[O-])cc1Cl)N1CCC(c2nnc3n2CCNC3)CC1. The van der Waals surface area contributed by atoms with Crippen LogP contribution in [0.2, 0.25) is 5.02 Å². The molecule has 0 saturated carbocycles. The average Bonchev–Trinajstić information content (AvgIpc) is 3.11. The first-order chi connectivity index (χ1) is 13.0. The third-order valence-electron chi connectivity index (χ3n) is 5.19. The standard InChI is InChI=1S/C17H19ClN6O3/c18-14-9-12(24(26)27)1-2-13(14)17(25)22-6-3-11(4-7-22)16-21-20-15-10-19-5-8-23(15)16/h1-2,9,11,19H,3-8,10H2. The summed E-state index contributed by atoms with van der Waals surface area (Å²) in [6.07, 6.45) is 1.61. The molecule has 0 unspecified atom stereocenters. The number of nitrogens with one attached hydrogen (secondary N) is 1. The number of non-ortho nitro benzene ring substituents is 1. The number of hydrogen-bond donors (Lipinski definition) is 1. The highest BCUT2D eigenvalue weighted by Crippen LogP contribution is 2.30. The Bertz CT molecular complexity index is 891. The molecule has 142 valence electrons. The summed E-state index contributed by atoms with van der Waals surface area (Å²) in [5, 5.41) is 22.9. The molecule has 1 fully saturated rings. The maximum atomic E-state index is 12.8. The van der Waals surface area contributed by atoms with Gasteiger partial charge in [-0.1, -0.05) is 11.6 Å². The molecule has 0 radical (unpaired) electrons. The average molecular weight is 391 g/mol. The summed E-state index contributed by atoms with van der Waals surface area (Å²) in [5.74, 6) is 2.06. The maximum absolute atomic E-state index is 12.8. The van der Waals surface area contributed by atoms with Crippen LogP contribution in [0.15, 0.2) is 18.2 Å². The largest absolute Gasteiger partial charge is 0.339 e. The highest BCUT2D eigenvalue weighted by molar-refractivity contribution is 6.34. The number of likely N-dealkylation sites (tertiary alicyclic amines) is 1. The summed E-state index contributed by atoms with van der Waals surface area (Å²) in [5.41, 5.74) is 0.174. The third kappa shape index (κ3) is 3.40. The first-order valence-electron chi connectivity index (χ1n) is 8.90. The van der Waals surface area contributed by atoms with Gasteiger partial charge in [0.1, 0.15) is 11.6 Å². The molecule has 1 amide bonds. The van der Waals surface area contributed by atoms with Crippen molar-refractivity contribution in [2.75, 3.05) is 19.6 Å². The highest BCUT2D eigenvalue weighted by atomic mass is 35.5. The van der Waals surface area contributed by atoms with Gasteiger partial charge in [-0.05, 0) is 18.9 Å². The van der Waals surface area contributed by atoms with E-state index in [1.807, 2.05) is 0 Å². The fraction of sp³-hybridized carbons (Fsp3) is 0.471. The third-order valence-corrected chi connectivity index (χ3v) is 5.51. The number of rotatable bonds is 3. The van der Waals surface area contributed by atoms with E-state index in [0.717, 1.165) is 44.1 Å². The molecule has 1 aromatic heterocycles. The Labute approximate surface area is 160 Å². The van der Waals surface area contributed by atoms with Crippen LogP contribution in [-0.4, -0.2) is 50.1 Å². The molecule has 1 saturated heterocycles. The van der Waals surface area contributed by atoms with E-state index >= 15 is 0 Å². The normalized spacial score (nSPS) is 17.6. The summed E-state index contributed by atoms with van der Waals surface area (Å²) in [6, 6.07) is 3.96. The summed E-state index contributed by atoms with van der Waals surface area (Å²) >= 11 is 6.10. The van der Waals surface area contributed by atoms with Crippen LogP contribution in [0.5, 0.6) is 0 Å². The molecule has 27 heavy (non-hydrogen) atoms. The lowest BCUT2D eigenvalue weighted by molar-refractivity contribution is -0.384. The van der Waals surface area contributed by atoms with Crippen LogP contribution in [0.1, 0.15) is 40.8 Å². The van der Waals surface area contributed by atoms with Crippen LogP contribution in [-0.2, 0) is 13.1 Å². The molecule has 0 bridgehead atoms. The number of fused-ring (bicyclic) bond motifs is 1. The number of hydrogen-bond acceptors (Lipinski definition) is 6. The number of carbonyl (C=O) groups is 1. The van der Waals surface area contributed by atoms with E-state index in [1.165, 1.54) is 18.2 Å². The summed E-state index contributed by atoms with van der Waals surface area (Å²) in [4.78, 5) is 24.8. The number of piperidine rings is 1. The minimum absolute atomic E-state index is 0.107. The van der Waals surface area contributed by atoms with Gasteiger partial charge in [0.05, 0.1) is 22.1 Å². The number of nitro benzene ring substituents is 1.